The van der Waals surface area contributed by atoms with Gasteiger partial charge >= 0.3 is 6.18 Å². The zero-order chi connectivity index (χ0) is 21.8. The van der Waals surface area contributed by atoms with Gasteiger partial charge in [0.1, 0.15) is 5.75 Å². The number of nitrogens with zero attached hydrogens (tertiary/aromatic N) is 2. The van der Waals surface area contributed by atoms with Crippen LogP contribution in [0, 0.1) is 0 Å². The molecule has 31 heavy (non-hydrogen) atoms. The molecule has 1 aromatic heterocycles. The van der Waals surface area contributed by atoms with Gasteiger partial charge in [-0.1, -0.05) is 6.07 Å². The highest BCUT2D eigenvalue weighted by Crippen LogP contribution is 2.44. The summed E-state index contributed by atoms with van der Waals surface area (Å²) >= 11 is 0. The average Bonchev–Trinajstić information content (AvgIpc) is 3.58. The number of hydrogen-bond donors (Lipinski definition) is 2. The first kappa shape index (κ1) is 20.6. The number of anilines is 2. The van der Waals surface area contributed by atoms with Crippen molar-refractivity contribution >= 4 is 17.3 Å². The fourth-order valence-corrected chi connectivity index (χ4v) is 3.06. The van der Waals surface area contributed by atoms with Gasteiger partial charge in [-0.05, 0) is 60.7 Å². The molecular formula is C22H19F3N4O2. The molecule has 0 bridgehead atoms. The topological polar surface area (TPSA) is 79.4 Å². The molecule has 0 atom stereocenters. The van der Waals surface area contributed by atoms with Gasteiger partial charge in [0.25, 0.3) is 5.91 Å². The first-order valence-electron chi connectivity index (χ1n) is 9.67. The Bertz CT molecular complexity index is 1140. The molecule has 160 valence electrons. The third-order valence-corrected chi connectivity index (χ3v) is 4.63. The summed E-state index contributed by atoms with van der Waals surface area (Å²) in [5.74, 6) is 0.0276. The van der Waals surface area contributed by atoms with Gasteiger partial charge in [-0.25, -0.2) is 4.98 Å². The molecule has 1 amide bonds. The summed E-state index contributed by atoms with van der Waals surface area (Å²) in [5, 5.41) is 3.23. The van der Waals surface area contributed by atoms with Crippen LogP contribution in [0.2, 0.25) is 0 Å². The second-order valence-corrected chi connectivity index (χ2v) is 7.16. The van der Waals surface area contributed by atoms with Crippen LogP contribution in [0.25, 0.3) is 0 Å². The van der Waals surface area contributed by atoms with Crippen molar-refractivity contribution < 1.29 is 22.7 Å². The summed E-state index contributed by atoms with van der Waals surface area (Å²) in [6.07, 6.45) is 0.785. The number of aromatic amines is 1. The van der Waals surface area contributed by atoms with Crippen LogP contribution >= 0.6 is 0 Å². The number of hydrogen-bond acceptors (Lipinski definition) is 4. The Morgan fingerprint density at radius 2 is 2.03 bits per heavy atom. The molecule has 0 radical (unpaired) electrons. The number of H-pyrrole nitrogens is 1. The maximum atomic E-state index is 12.5. The minimum Gasteiger partial charge on any atom is -0.484 e. The zero-order valence-corrected chi connectivity index (χ0v) is 16.3. The molecule has 1 heterocycles. The molecule has 9 heteroatoms. The largest absolute Gasteiger partial charge is 0.484 e. The predicted octanol–water partition coefficient (Wildman–Crippen LogP) is 4.71. The van der Waals surface area contributed by atoms with E-state index in [1.54, 1.807) is 42.6 Å². The van der Waals surface area contributed by atoms with E-state index in [-0.39, 0.29) is 11.4 Å². The third kappa shape index (κ3) is 5.71. The summed E-state index contributed by atoms with van der Waals surface area (Å²) < 4.78 is 42.0. The lowest BCUT2D eigenvalue weighted by molar-refractivity contribution is -0.153. The molecule has 2 N–H and O–H groups in total. The van der Waals surface area contributed by atoms with Gasteiger partial charge in [-0.3, -0.25) is 4.79 Å². The quantitative estimate of drug-likeness (QED) is 0.596. The Hall–Kier alpha value is -3.62. The monoisotopic (exact) mass is 428 g/mol. The first-order valence-corrected chi connectivity index (χ1v) is 9.67. The van der Waals surface area contributed by atoms with E-state index >= 15 is 0 Å². The molecular weight excluding hydrogens is 409 g/mol. The van der Waals surface area contributed by atoms with Crippen molar-refractivity contribution in [3.05, 3.63) is 77.7 Å². The van der Waals surface area contributed by atoms with Crippen LogP contribution in [-0.2, 0) is 0 Å². The zero-order valence-electron chi connectivity index (χ0n) is 16.3. The number of halogens is 3. The van der Waals surface area contributed by atoms with Crippen molar-refractivity contribution in [3.63, 3.8) is 0 Å². The molecule has 1 fully saturated rings. The first-order chi connectivity index (χ1) is 14.9. The summed E-state index contributed by atoms with van der Waals surface area (Å²) in [6.45, 7) is -1.35. The fraction of sp³-hybridized carbons (Fsp3) is 0.227. The van der Waals surface area contributed by atoms with Crippen LogP contribution in [0.4, 0.5) is 24.5 Å². The van der Waals surface area contributed by atoms with Crippen LogP contribution in [0.15, 0.2) is 65.9 Å². The highest BCUT2D eigenvalue weighted by molar-refractivity contribution is 5.95. The molecule has 6 nitrogen and oxygen atoms in total. The van der Waals surface area contributed by atoms with E-state index in [0.29, 0.717) is 17.2 Å². The molecule has 0 aliphatic heterocycles. The number of ether oxygens (including phenoxy) is 1. The Balaban J connectivity index is 1.55. The van der Waals surface area contributed by atoms with Crippen LogP contribution in [0.1, 0.15) is 34.7 Å². The van der Waals surface area contributed by atoms with E-state index in [2.05, 4.69) is 20.3 Å². The lowest BCUT2D eigenvalue weighted by Gasteiger charge is -2.14. The third-order valence-electron chi connectivity index (χ3n) is 4.63. The van der Waals surface area contributed by atoms with Crippen molar-refractivity contribution in [3.8, 4) is 5.75 Å². The van der Waals surface area contributed by atoms with Crippen molar-refractivity contribution in [2.75, 3.05) is 11.9 Å². The second-order valence-electron chi connectivity index (χ2n) is 7.16. The predicted molar refractivity (Wildman–Crippen MR) is 108 cm³/mol. The standard InChI is InChI=1S/C22H19F3N4O2/c23-22(24,25)13-31-17-4-1-3-16(12-17)28-19-8-7-15(11-18(19)14-5-6-14)20(30)29-21-26-9-2-10-27-21/h1-4,7-12,14,28H,5-6,13H2,(H,26,27,29,30). The van der Waals surface area contributed by atoms with E-state index in [1.165, 1.54) is 18.3 Å². The Morgan fingerprint density at radius 1 is 1.19 bits per heavy atom. The SMILES string of the molecule is O=C(N=c1nccc[nH]1)c1ccc(Nc2cccc(OCC(F)(F)F)c2)c(C2CC2)c1. The molecule has 0 spiro atoms. The molecule has 0 unspecified atom stereocenters. The summed E-state index contributed by atoms with van der Waals surface area (Å²) in [7, 11) is 0. The number of aromatic nitrogens is 2. The molecule has 1 aliphatic carbocycles. The van der Waals surface area contributed by atoms with Gasteiger partial charge in [0.05, 0.1) is 0 Å². The highest BCUT2D eigenvalue weighted by atomic mass is 19.4. The number of amides is 1. The van der Waals surface area contributed by atoms with Gasteiger partial charge in [0, 0.05) is 35.4 Å². The number of carbonyl (C=O) groups is 1. The minimum atomic E-state index is -4.40. The Labute approximate surface area is 175 Å². The number of benzene rings is 2. The van der Waals surface area contributed by atoms with Crippen molar-refractivity contribution in [2.45, 2.75) is 24.9 Å². The second kappa shape index (κ2) is 8.63. The average molecular weight is 428 g/mol. The van der Waals surface area contributed by atoms with Gasteiger partial charge < -0.3 is 15.0 Å². The molecule has 0 saturated heterocycles. The maximum absolute atomic E-state index is 12.5. The molecule has 4 rings (SSSR count). The molecule has 1 aliphatic rings. The normalized spacial score (nSPS) is 14.4. The number of alkyl halides is 3. The van der Waals surface area contributed by atoms with Crippen LogP contribution in [0.3, 0.4) is 0 Å². The smallest absolute Gasteiger partial charge is 0.422 e. The number of rotatable bonds is 6. The maximum Gasteiger partial charge on any atom is 0.422 e. The van der Waals surface area contributed by atoms with E-state index in [4.69, 9.17) is 4.74 Å². The molecule has 2 aromatic carbocycles. The van der Waals surface area contributed by atoms with Gasteiger partial charge in [0.15, 0.2) is 6.61 Å². The highest BCUT2D eigenvalue weighted by Gasteiger charge is 2.29. The number of carbonyl (C=O) groups excluding carboxylic acids is 1. The van der Waals surface area contributed by atoms with Crippen LogP contribution < -0.4 is 15.7 Å². The van der Waals surface area contributed by atoms with Gasteiger partial charge in [-0.15, -0.1) is 0 Å². The van der Waals surface area contributed by atoms with E-state index in [1.807, 2.05) is 0 Å². The Kier molecular flexibility index (Phi) is 5.75. The molecule has 3 aromatic rings. The summed E-state index contributed by atoms with van der Waals surface area (Å²) in [6, 6.07) is 13.3. The minimum absolute atomic E-state index is 0.118. The van der Waals surface area contributed by atoms with E-state index in [9.17, 15) is 18.0 Å². The lowest BCUT2D eigenvalue weighted by Crippen LogP contribution is -2.19. The van der Waals surface area contributed by atoms with Crippen LogP contribution in [-0.4, -0.2) is 28.7 Å². The van der Waals surface area contributed by atoms with Gasteiger partial charge in [0.2, 0.25) is 5.62 Å². The Morgan fingerprint density at radius 3 is 2.74 bits per heavy atom. The van der Waals surface area contributed by atoms with Crippen molar-refractivity contribution in [1.29, 1.82) is 0 Å². The van der Waals surface area contributed by atoms with E-state index < -0.39 is 18.7 Å². The number of nitrogens with one attached hydrogen (secondary N) is 2. The van der Waals surface area contributed by atoms with Gasteiger partial charge in [-0.2, -0.15) is 18.2 Å². The summed E-state index contributed by atoms with van der Waals surface area (Å²) in [5.41, 5.74) is 3.00. The molecule has 1 saturated carbocycles. The van der Waals surface area contributed by atoms with Crippen LogP contribution in [0.5, 0.6) is 5.75 Å². The lowest BCUT2D eigenvalue weighted by atomic mass is 10.0. The van der Waals surface area contributed by atoms with Crippen molar-refractivity contribution in [2.24, 2.45) is 4.99 Å². The van der Waals surface area contributed by atoms with E-state index in [0.717, 1.165) is 24.1 Å². The summed E-state index contributed by atoms with van der Waals surface area (Å²) in [4.78, 5) is 23.3. The fourth-order valence-electron chi connectivity index (χ4n) is 3.06. The van der Waals surface area contributed by atoms with Crippen molar-refractivity contribution in [1.82, 2.24) is 9.97 Å².